The molecule has 2 N–H and O–H groups in total. The second-order valence-electron chi connectivity index (χ2n) is 13.4. The third-order valence-electron chi connectivity index (χ3n) is 8.14. The number of rotatable bonds is 13. The zero-order valence-corrected chi connectivity index (χ0v) is 29.5. The van der Waals surface area contributed by atoms with E-state index < -0.39 is 18.1 Å². The van der Waals surface area contributed by atoms with E-state index in [0.29, 0.717) is 43.6 Å². The molecular formula is C31H46N6O5S2Si. The van der Waals surface area contributed by atoms with Crippen LogP contribution in [0.3, 0.4) is 0 Å². The van der Waals surface area contributed by atoms with Crippen LogP contribution in [0.25, 0.3) is 10.4 Å². The molecule has 246 valence electrons. The number of nitrogens with one attached hydrogen (secondary N) is 2. The van der Waals surface area contributed by atoms with Crippen LogP contribution in [0.1, 0.15) is 56.9 Å². The number of imidazole rings is 1. The lowest BCUT2D eigenvalue weighted by Crippen LogP contribution is -2.42. The maximum Gasteiger partial charge on any atom is 0.407 e. The van der Waals surface area contributed by atoms with Crippen molar-refractivity contribution in [2.75, 3.05) is 25.0 Å². The summed E-state index contributed by atoms with van der Waals surface area (Å²) in [6.07, 6.45) is 9.19. The molecule has 1 saturated carbocycles. The molecule has 3 heterocycles. The van der Waals surface area contributed by atoms with Crippen molar-refractivity contribution in [1.82, 2.24) is 24.2 Å². The van der Waals surface area contributed by atoms with Gasteiger partial charge in [-0.3, -0.25) is 4.57 Å². The SMILES string of the molecule is CC(C)OC(=O)N[C@H]1CC[C@H](c2ncc(-c3ccc(Nc4nccn4COCC[Si](C)(C)C)cc3S(=O)(=O)N3CCC3)s2)CC1. The number of nitrogens with zero attached hydrogens (tertiary/aromatic N) is 4. The van der Waals surface area contributed by atoms with Crippen molar-refractivity contribution in [3.05, 3.63) is 41.8 Å². The van der Waals surface area contributed by atoms with Gasteiger partial charge < -0.3 is 20.1 Å². The monoisotopic (exact) mass is 674 g/mol. The van der Waals surface area contributed by atoms with E-state index in [1.54, 1.807) is 29.8 Å². The second kappa shape index (κ2) is 14.3. The average molecular weight is 675 g/mol. The Morgan fingerprint density at radius 1 is 1.13 bits per heavy atom. The minimum atomic E-state index is -3.70. The van der Waals surface area contributed by atoms with Crippen molar-refractivity contribution in [3.63, 3.8) is 0 Å². The normalized spacial score (nSPS) is 19.3. The molecule has 0 atom stereocenters. The summed E-state index contributed by atoms with van der Waals surface area (Å²) in [5.41, 5.74) is 1.29. The summed E-state index contributed by atoms with van der Waals surface area (Å²) < 4.78 is 42.1. The molecule has 11 nitrogen and oxygen atoms in total. The lowest BCUT2D eigenvalue weighted by molar-refractivity contribution is 0.0886. The standard InChI is InChI=1S/C31H46N6O5S2Si/c1-22(2)42-31(38)35-24-9-7-23(8-10-24)29-33-20-27(43-29)26-12-11-25(19-28(26)44(39,40)37-14-6-15-37)34-30-32-13-16-36(30)21-41-17-18-45(3,4)5/h11-13,16,19-20,22-24H,6-10,14-15,17-18,21H2,1-5H3,(H,32,34)(H,35,38)/t23-,24-. The van der Waals surface area contributed by atoms with Gasteiger partial charge in [-0.25, -0.2) is 23.2 Å². The van der Waals surface area contributed by atoms with E-state index in [0.717, 1.165) is 48.0 Å². The van der Waals surface area contributed by atoms with Gasteiger partial charge in [0.2, 0.25) is 16.0 Å². The first-order valence-corrected chi connectivity index (χ1v) is 21.8. The Hall–Kier alpha value is -2.78. The summed E-state index contributed by atoms with van der Waals surface area (Å²) in [7, 11) is -4.88. The number of hydrogen-bond donors (Lipinski definition) is 2. The van der Waals surface area contributed by atoms with Crippen molar-refractivity contribution in [2.24, 2.45) is 0 Å². The highest BCUT2D eigenvalue weighted by molar-refractivity contribution is 7.89. The van der Waals surface area contributed by atoms with Crippen LogP contribution in [-0.2, 0) is 26.2 Å². The van der Waals surface area contributed by atoms with Crippen LogP contribution >= 0.6 is 11.3 Å². The van der Waals surface area contributed by atoms with E-state index in [1.165, 1.54) is 4.31 Å². The van der Waals surface area contributed by atoms with Gasteiger partial charge in [-0.1, -0.05) is 25.7 Å². The number of anilines is 2. The Balaban J connectivity index is 1.31. The molecular weight excluding hydrogens is 629 g/mol. The fraction of sp³-hybridized carbons (Fsp3) is 0.581. The van der Waals surface area contributed by atoms with Crippen molar-refractivity contribution in [1.29, 1.82) is 0 Å². The predicted octanol–water partition coefficient (Wildman–Crippen LogP) is 6.62. The number of ether oxygens (including phenoxy) is 2. The number of sulfonamides is 1. The Morgan fingerprint density at radius 3 is 2.56 bits per heavy atom. The second-order valence-corrected chi connectivity index (χ2v) is 22.0. The van der Waals surface area contributed by atoms with Gasteiger partial charge in [0.25, 0.3) is 0 Å². The van der Waals surface area contributed by atoms with Gasteiger partial charge in [0.05, 0.1) is 20.9 Å². The molecule has 1 aliphatic carbocycles. The van der Waals surface area contributed by atoms with Crippen LogP contribution < -0.4 is 10.6 Å². The molecule has 0 spiro atoms. The van der Waals surface area contributed by atoms with Gasteiger partial charge in [0.1, 0.15) is 6.73 Å². The smallest absolute Gasteiger partial charge is 0.407 e. The summed E-state index contributed by atoms with van der Waals surface area (Å²) in [6.45, 7) is 12.7. The summed E-state index contributed by atoms with van der Waals surface area (Å²) in [4.78, 5) is 22.3. The van der Waals surface area contributed by atoms with Crippen LogP contribution in [0.4, 0.5) is 16.4 Å². The molecule has 0 radical (unpaired) electrons. The van der Waals surface area contributed by atoms with Crippen molar-refractivity contribution >= 4 is 47.2 Å². The molecule has 1 amide bonds. The van der Waals surface area contributed by atoms with Gasteiger partial charge in [-0.05, 0) is 64.1 Å². The molecule has 0 bridgehead atoms. The number of thiazole rings is 1. The molecule has 1 saturated heterocycles. The van der Waals surface area contributed by atoms with E-state index in [2.05, 4.69) is 35.3 Å². The lowest BCUT2D eigenvalue weighted by atomic mass is 9.86. The Morgan fingerprint density at radius 2 is 1.89 bits per heavy atom. The highest BCUT2D eigenvalue weighted by atomic mass is 32.2. The van der Waals surface area contributed by atoms with Crippen LogP contribution in [0.5, 0.6) is 0 Å². The summed E-state index contributed by atoms with van der Waals surface area (Å²) in [5.74, 6) is 0.858. The summed E-state index contributed by atoms with van der Waals surface area (Å²) >= 11 is 1.55. The van der Waals surface area contributed by atoms with E-state index in [1.807, 2.05) is 36.7 Å². The van der Waals surface area contributed by atoms with Crippen LogP contribution in [0.2, 0.25) is 25.7 Å². The number of aromatic nitrogens is 3. The van der Waals surface area contributed by atoms with Gasteiger partial charge in [-0.15, -0.1) is 11.3 Å². The molecule has 1 aliphatic heterocycles. The van der Waals surface area contributed by atoms with Crippen LogP contribution in [0.15, 0.2) is 41.7 Å². The van der Waals surface area contributed by atoms with Crippen molar-refractivity contribution in [2.45, 2.75) is 101 Å². The Bertz CT molecular complexity index is 1560. The number of alkyl carbamates (subject to hydrolysis) is 1. The Labute approximate surface area is 271 Å². The van der Waals surface area contributed by atoms with E-state index in [-0.39, 0.29) is 29.1 Å². The van der Waals surface area contributed by atoms with Gasteiger partial charge in [-0.2, -0.15) is 4.31 Å². The first-order valence-electron chi connectivity index (χ1n) is 15.8. The van der Waals surface area contributed by atoms with E-state index >= 15 is 0 Å². The fourth-order valence-electron chi connectivity index (χ4n) is 5.39. The highest BCUT2D eigenvalue weighted by Gasteiger charge is 2.33. The average Bonchev–Trinajstić information content (AvgIpc) is 3.59. The maximum atomic E-state index is 13.8. The molecule has 3 aromatic rings. The quantitative estimate of drug-likeness (QED) is 0.153. The number of hydrogen-bond acceptors (Lipinski definition) is 9. The largest absolute Gasteiger partial charge is 0.447 e. The van der Waals surface area contributed by atoms with Gasteiger partial charge >= 0.3 is 6.09 Å². The van der Waals surface area contributed by atoms with Crippen molar-refractivity contribution < 1.29 is 22.7 Å². The minimum absolute atomic E-state index is 0.0903. The fourth-order valence-corrected chi connectivity index (χ4v) is 9.09. The molecule has 1 aromatic carbocycles. The van der Waals surface area contributed by atoms with Gasteiger partial charge in [0.15, 0.2) is 0 Å². The van der Waals surface area contributed by atoms with E-state index in [9.17, 15) is 13.2 Å². The summed E-state index contributed by atoms with van der Waals surface area (Å²) in [5, 5.41) is 7.28. The molecule has 0 unspecified atom stereocenters. The maximum absolute atomic E-state index is 13.8. The zero-order chi connectivity index (χ0) is 32.2. The van der Waals surface area contributed by atoms with E-state index in [4.69, 9.17) is 14.5 Å². The first kappa shape index (κ1) is 33.6. The first-order chi connectivity index (χ1) is 21.4. The molecule has 45 heavy (non-hydrogen) atoms. The summed E-state index contributed by atoms with van der Waals surface area (Å²) in [6, 6.07) is 6.64. The third kappa shape index (κ3) is 8.73. The molecule has 2 aromatic heterocycles. The highest BCUT2D eigenvalue weighted by Crippen LogP contribution is 2.41. The number of carbonyl (C=O) groups is 1. The van der Waals surface area contributed by atoms with Crippen LogP contribution in [0, 0.1) is 0 Å². The minimum Gasteiger partial charge on any atom is -0.447 e. The van der Waals surface area contributed by atoms with Crippen LogP contribution in [-0.4, -0.2) is 73.3 Å². The molecule has 2 fully saturated rings. The zero-order valence-electron chi connectivity index (χ0n) is 26.9. The molecule has 5 rings (SSSR count). The Kier molecular flexibility index (Phi) is 10.7. The molecule has 14 heteroatoms. The van der Waals surface area contributed by atoms with Gasteiger partial charge in [0, 0.05) is 69.6 Å². The topological polar surface area (TPSA) is 128 Å². The molecule has 2 aliphatic rings. The number of amides is 1. The third-order valence-corrected chi connectivity index (χ3v) is 13.0. The van der Waals surface area contributed by atoms with Crippen molar-refractivity contribution in [3.8, 4) is 10.4 Å². The number of carbonyl (C=O) groups excluding carboxylic acids is 1. The lowest BCUT2D eigenvalue weighted by Gasteiger charge is -2.30. The number of benzene rings is 1. The predicted molar refractivity (Wildman–Crippen MR) is 180 cm³/mol.